The lowest BCUT2D eigenvalue weighted by atomic mass is 10.2. The van der Waals surface area contributed by atoms with Crippen molar-refractivity contribution in [1.29, 1.82) is 0 Å². The highest BCUT2D eigenvalue weighted by atomic mass is 32.1. The molecule has 2 rings (SSSR count). The fourth-order valence-corrected chi connectivity index (χ4v) is 1.74. The molecule has 2 aromatic rings. The molecule has 1 aromatic carbocycles. The lowest BCUT2D eigenvalue weighted by Gasteiger charge is -1.96. The minimum Gasteiger partial charge on any atom is -0.493 e. The van der Waals surface area contributed by atoms with Gasteiger partial charge in [-0.15, -0.1) is 10.2 Å². The van der Waals surface area contributed by atoms with Gasteiger partial charge in [0.2, 0.25) is 11.0 Å². The molecule has 0 unspecified atom stereocenters. The molecule has 0 amide bonds. The minimum absolute atomic E-state index is 0.0778. The average Bonchev–Trinajstić information content (AvgIpc) is 2.59. The Morgan fingerprint density at radius 1 is 1.58 bits per heavy atom. The van der Waals surface area contributed by atoms with E-state index in [1.54, 1.807) is 7.05 Å². The molecule has 0 fully saturated rings. The molecule has 0 bridgehead atoms. The number of hydrogen-bond acceptors (Lipinski definition) is 5. The van der Waals surface area contributed by atoms with Gasteiger partial charge >= 0.3 is 0 Å². The first-order chi connectivity index (χ1) is 8.91. The summed E-state index contributed by atoms with van der Waals surface area (Å²) in [5.74, 6) is -0.171. The quantitative estimate of drug-likeness (QED) is 0.377. The van der Waals surface area contributed by atoms with Crippen LogP contribution in [0.3, 0.4) is 0 Å². The number of nitrogens with zero attached hydrogens (tertiary/aromatic N) is 4. The lowest BCUT2D eigenvalue weighted by molar-refractivity contribution is -0.384. The first-order valence-electron chi connectivity index (χ1n) is 5.08. The summed E-state index contributed by atoms with van der Waals surface area (Å²) in [6.07, 6.45) is 0. The Hall–Kier alpha value is -2.55. The van der Waals surface area contributed by atoms with Gasteiger partial charge in [-0.2, -0.15) is 0 Å². The van der Waals surface area contributed by atoms with Gasteiger partial charge in [0, 0.05) is 24.6 Å². The first kappa shape index (κ1) is 12.9. The third-order valence-corrected chi connectivity index (χ3v) is 2.67. The molecule has 0 saturated carbocycles. The van der Waals surface area contributed by atoms with E-state index in [2.05, 4.69) is 22.4 Å². The summed E-state index contributed by atoms with van der Waals surface area (Å²) < 4.78 is 1.37. The predicted molar refractivity (Wildman–Crippen MR) is 72.5 cm³/mol. The van der Waals surface area contributed by atoms with Crippen LogP contribution in [-0.2, 0) is 7.05 Å². The van der Waals surface area contributed by atoms with E-state index in [1.807, 2.05) is 0 Å². The number of rotatable bonds is 2. The predicted octanol–water partition coefficient (Wildman–Crippen LogP) is 2.12. The Bertz CT molecular complexity index is 722. The monoisotopic (exact) mass is 279 g/mol. The maximum Gasteiger partial charge on any atom is 0.271 e. The molecule has 0 radical (unpaired) electrons. The number of non-ortho nitro benzene ring substituents is 1. The molecule has 0 saturated heterocycles. The summed E-state index contributed by atoms with van der Waals surface area (Å²) in [7, 11) is 1.56. The number of benzene rings is 1. The largest absolute Gasteiger partial charge is 0.493 e. The number of hydrogen-bond donors (Lipinski definition) is 2. The van der Waals surface area contributed by atoms with Crippen LogP contribution in [0.25, 0.3) is 10.9 Å². The SMILES string of the molecule is Cn1c(O)c(N=NC(N)=S)c2ccc([N+](=O)[O-])cc21. The number of fused-ring (bicyclic) bond motifs is 1. The number of aromatic nitrogens is 1. The van der Waals surface area contributed by atoms with E-state index in [9.17, 15) is 15.2 Å². The van der Waals surface area contributed by atoms with E-state index >= 15 is 0 Å². The molecule has 0 atom stereocenters. The number of thiocarbonyl (C=S) groups is 1. The van der Waals surface area contributed by atoms with Gasteiger partial charge in [0.25, 0.3) is 5.69 Å². The fraction of sp³-hybridized carbons (Fsp3) is 0.100. The smallest absolute Gasteiger partial charge is 0.271 e. The second-order valence-corrected chi connectivity index (χ2v) is 4.15. The van der Waals surface area contributed by atoms with Gasteiger partial charge < -0.3 is 15.4 Å². The summed E-state index contributed by atoms with van der Waals surface area (Å²) in [4.78, 5) is 10.2. The van der Waals surface area contributed by atoms with Crippen LogP contribution < -0.4 is 5.73 Å². The normalized spacial score (nSPS) is 11.2. The van der Waals surface area contributed by atoms with Crippen molar-refractivity contribution >= 4 is 39.6 Å². The molecule has 0 aliphatic rings. The molecule has 0 aliphatic carbocycles. The first-order valence-corrected chi connectivity index (χ1v) is 5.49. The van der Waals surface area contributed by atoms with Gasteiger partial charge in [-0.3, -0.25) is 10.1 Å². The standard InChI is InChI=1S/C10H9N5O3S/c1-14-7-4-5(15(17)18)2-3-6(7)8(9(14)16)12-13-10(11)19/h2-4,16H,1H3,(H2,11,19). The second kappa shape index (κ2) is 4.61. The van der Waals surface area contributed by atoms with Crippen LogP contribution in [-0.4, -0.2) is 19.7 Å². The summed E-state index contributed by atoms with van der Waals surface area (Å²) in [6, 6.07) is 4.15. The van der Waals surface area contributed by atoms with Crippen molar-refractivity contribution in [2.24, 2.45) is 23.0 Å². The zero-order chi connectivity index (χ0) is 14.2. The third-order valence-electron chi connectivity index (χ3n) is 2.59. The van der Waals surface area contributed by atoms with E-state index in [0.717, 1.165) is 0 Å². The molecular weight excluding hydrogens is 270 g/mol. The molecule has 8 nitrogen and oxygen atoms in total. The van der Waals surface area contributed by atoms with Gasteiger partial charge in [0.1, 0.15) is 0 Å². The maximum absolute atomic E-state index is 10.7. The molecule has 19 heavy (non-hydrogen) atoms. The van der Waals surface area contributed by atoms with Gasteiger partial charge in [0.15, 0.2) is 5.69 Å². The molecule has 9 heteroatoms. The zero-order valence-electron chi connectivity index (χ0n) is 9.77. The number of aromatic hydroxyl groups is 1. The number of nitro groups is 1. The van der Waals surface area contributed by atoms with Crippen molar-refractivity contribution < 1.29 is 10.0 Å². The molecular formula is C10H9N5O3S. The lowest BCUT2D eigenvalue weighted by Crippen LogP contribution is -2.01. The van der Waals surface area contributed by atoms with Gasteiger partial charge in [-0.1, -0.05) is 0 Å². The Morgan fingerprint density at radius 2 is 2.26 bits per heavy atom. The zero-order valence-corrected chi connectivity index (χ0v) is 10.6. The fourth-order valence-electron chi connectivity index (χ4n) is 1.70. The van der Waals surface area contributed by atoms with Crippen LogP contribution >= 0.6 is 12.2 Å². The van der Waals surface area contributed by atoms with Crippen molar-refractivity contribution in [2.75, 3.05) is 0 Å². The van der Waals surface area contributed by atoms with E-state index in [1.165, 1.54) is 22.8 Å². The summed E-state index contributed by atoms with van der Waals surface area (Å²) in [6.45, 7) is 0. The number of azo groups is 1. The summed E-state index contributed by atoms with van der Waals surface area (Å²) >= 11 is 4.56. The van der Waals surface area contributed by atoms with E-state index in [0.29, 0.717) is 10.9 Å². The van der Waals surface area contributed by atoms with Gasteiger partial charge in [-0.25, -0.2) is 0 Å². The summed E-state index contributed by atoms with van der Waals surface area (Å²) in [5.41, 5.74) is 5.75. The molecule has 0 spiro atoms. The van der Waals surface area contributed by atoms with E-state index in [-0.39, 0.29) is 22.4 Å². The average molecular weight is 279 g/mol. The Kier molecular flexibility index (Phi) is 3.13. The van der Waals surface area contributed by atoms with Crippen molar-refractivity contribution in [1.82, 2.24) is 4.57 Å². The van der Waals surface area contributed by atoms with Crippen molar-refractivity contribution in [3.63, 3.8) is 0 Å². The topological polar surface area (TPSA) is 119 Å². The Labute approximate surface area is 112 Å². The number of nitrogens with two attached hydrogens (primary N) is 1. The molecule has 1 heterocycles. The van der Waals surface area contributed by atoms with Crippen LogP contribution in [0.5, 0.6) is 5.88 Å². The third kappa shape index (κ3) is 2.22. The highest BCUT2D eigenvalue weighted by Crippen LogP contribution is 2.39. The Balaban J connectivity index is 2.70. The van der Waals surface area contributed by atoms with Crippen LogP contribution in [0.2, 0.25) is 0 Å². The van der Waals surface area contributed by atoms with Gasteiger partial charge in [-0.05, 0) is 18.3 Å². The molecule has 3 N–H and O–H groups in total. The van der Waals surface area contributed by atoms with Crippen molar-refractivity contribution in [3.05, 3.63) is 28.3 Å². The highest BCUT2D eigenvalue weighted by Gasteiger charge is 2.17. The second-order valence-electron chi connectivity index (χ2n) is 3.73. The maximum atomic E-state index is 10.7. The number of aryl methyl sites for hydroxylation is 1. The van der Waals surface area contributed by atoms with Crippen molar-refractivity contribution in [2.45, 2.75) is 0 Å². The van der Waals surface area contributed by atoms with Gasteiger partial charge in [0.05, 0.1) is 10.4 Å². The molecule has 1 aromatic heterocycles. The summed E-state index contributed by atoms with van der Waals surface area (Å²) in [5, 5.41) is 28.2. The van der Waals surface area contributed by atoms with E-state index < -0.39 is 4.92 Å². The highest BCUT2D eigenvalue weighted by molar-refractivity contribution is 7.80. The van der Waals surface area contributed by atoms with Crippen LogP contribution in [0.4, 0.5) is 11.4 Å². The van der Waals surface area contributed by atoms with E-state index in [4.69, 9.17) is 5.73 Å². The minimum atomic E-state index is -0.514. The van der Waals surface area contributed by atoms with Crippen LogP contribution in [0, 0.1) is 10.1 Å². The molecule has 98 valence electrons. The Morgan fingerprint density at radius 3 is 2.84 bits per heavy atom. The molecule has 0 aliphatic heterocycles. The van der Waals surface area contributed by atoms with Crippen LogP contribution in [0.15, 0.2) is 28.4 Å². The van der Waals surface area contributed by atoms with Crippen molar-refractivity contribution in [3.8, 4) is 5.88 Å². The number of nitro benzene ring substituents is 1. The van der Waals surface area contributed by atoms with Crippen LogP contribution in [0.1, 0.15) is 0 Å².